The first-order chi connectivity index (χ1) is 8.10. The first-order valence-electron chi connectivity index (χ1n) is 5.16. The fraction of sp³-hybridized carbons (Fsp3) is 0.167. The summed E-state index contributed by atoms with van der Waals surface area (Å²) in [5, 5.41) is 0.312. The van der Waals surface area contributed by atoms with E-state index in [0.717, 1.165) is 0 Å². The van der Waals surface area contributed by atoms with E-state index in [-0.39, 0.29) is 11.1 Å². The predicted molar refractivity (Wildman–Crippen MR) is 64.6 cm³/mol. The molecule has 1 N–H and O–H groups in total. The maximum Gasteiger partial charge on any atom is 0.251 e. The van der Waals surface area contributed by atoms with E-state index in [1.54, 1.807) is 6.07 Å². The van der Waals surface area contributed by atoms with Crippen LogP contribution in [0.25, 0.3) is 11.3 Å². The lowest BCUT2D eigenvalue weighted by atomic mass is 10.1. The quantitative estimate of drug-likeness (QED) is 0.893. The minimum absolute atomic E-state index is 0.273. The summed E-state index contributed by atoms with van der Waals surface area (Å²) in [6, 6.07) is 5.55. The molecule has 1 aromatic carbocycles. The number of nitrogens with zero attached hydrogens (tertiary/aromatic N) is 1. The predicted octanol–water partition coefficient (Wildman–Crippen LogP) is 2.79. The number of nitrogens with one attached hydrogen (secondary N) is 1. The van der Waals surface area contributed by atoms with Gasteiger partial charge in [0, 0.05) is 23.1 Å². The Bertz CT molecular complexity index is 610. The van der Waals surface area contributed by atoms with Gasteiger partial charge in [-0.25, -0.2) is 9.37 Å². The molecule has 0 radical (unpaired) electrons. The van der Waals surface area contributed by atoms with E-state index in [2.05, 4.69) is 9.97 Å². The number of hydrogen-bond donors (Lipinski definition) is 1. The Morgan fingerprint density at radius 2 is 2.18 bits per heavy atom. The molecule has 0 atom stereocenters. The van der Waals surface area contributed by atoms with Gasteiger partial charge < -0.3 is 4.98 Å². The number of aryl methyl sites for hydroxylation is 1. The van der Waals surface area contributed by atoms with Gasteiger partial charge in [0.05, 0.1) is 5.69 Å². The molecule has 0 spiro atoms. The summed E-state index contributed by atoms with van der Waals surface area (Å²) < 4.78 is 13.7. The van der Waals surface area contributed by atoms with Crippen LogP contribution in [0.4, 0.5) is 4.39 Å². The van der Waals surface area contributed by atoms with Crippen LogP contribution in [0.5, 0.6) is 0 Å². The van der Waals surface area contributed by atoms with Gasteiger partial charge in [-0.1, -0.05) is 18.5 Å². The van der Waals surface area contributed by atoms with Crippen LogP contribution in [-0.2, 0) is 6.42 Å². The van der Waals surface area contributed by atoms with Crippen molar-refractivity contribution in [2.45, 2.75) is 13.3 Å². The number of rotatable bonds is 2. The molecule has 0 saturated carbocycles. The minimum Gasteiger partial charge on any atom is -0.311 e. The smallest absolute Gasteiger partial charge is 0.251 e. The van der Waals surface area contributed by atoms with Crippen LogP contribution in [0.2, 0.25) is 5.02 Å². The van der Waals surface area contributed by atoms with Gasteiger partial charge >= 0.3 is 0 Å². The molecule has 17 heavy (non-hydrogen) atoms. The summed E-state index contributed by atoms with van der Waals surface area (Å²) in [5.74, 6) is 0.0412. The van der Waals surface area contributed by atoms with Crippen LogP contribution in [0.15, 0.2) is 29.1 Å². The van der Waals surface area contributed by atoms with Crippen molar-refractivity contribution in [1.29, 1.82) is 0 Å². The zero-order valence-corrected chi connectivity index (χ0v) is 9.88. The van der Waals surface area contributed by atoms with Crippen molar-refractivity contribution in [2.75, 3.05) is 0 Å². The van der Waals surface area contributed by atoms with E-state index in [0.29, 0.717) is 23.0 Å². The first kappa shape index (κ1) is 11.8. The topological polar surface area (TPSA) is 45.8 Å². The molecule has 1 heterocycles. The molecule has 2 rings (SSSR count). The van der Waals surface area contributed by atoms with Crippen LogP contribution < -0.4 is 5.56 Å². The molecule has 0 aliphatic rings. The molecular weight excluding hydrogens is 243 g/mol. The maximum atomic E-state index is 13.7. The lowest BCUT2D eigenvalue weighted by Gasteiger charge is -2.04. The van der Waals surface area contributed by atoms with Gasteiger partial charge in [-0.05, 0) is 18.2 Å². The van der Waals surface area contributed by atoms with Crippen molar-refractivity contribution in [3.8, 4) is 11.3 Å². The van der Waals surface area contributed by atoms with Crippen LogP contribution in [-0.4, -0.2) is 9.97 Å². The van der Waals surface area contributed by atoms with Crippen molar-refractivity contribution in [2.24, 2.45) is 0 Å². The summed E-state index contributed by atoms with van der Waals surface area (Å²) >= 11 is 5.67. The number of halogens is 2. The van der Waals surface area contributed by atoms with E-state index < -0.39 is 5.82 Å². The highest BCUT2D eigenvalue weighted by molar-refractivity contribution is 6.30. The molecule has 3 nitrogen and oxygen atoms in total. The summed E-state index contributed by atoms with van der Waals surface area (Å²) in [4.78, 5) is 18.1. The number of aromatic nitrogens is 2. The van der Waals surface area contributed by atoms with Crippen molar-refractivity contribution in [3.05, 3.63) is 51.3 Å². The fourth-order valence-electron chi connectivity index (χ4n) is 1.51. The van der Waals surface area contributed by atoms with Gasteiger partial charge in [0.15, 0.2) is 0 Å². The molecule has 2 aromatic rings. The molecule has 0 amide bonds. The molecule has 5 heteroatoms. The minimum atomic E-state index is -0.488. The third kappa shape index (κ3) is 2.53. The van der Waals surface area contributed by atoms with Gasteiger partial charge in [-0.15, -0.1) is 0 Å². The molecular formula is C12H10ClFN2O. The molecule has 0 fully saturated rings. The summed E-state index contributed by atoms with van der Waals surface area (Å²) in [6.07, 6.45) is 0.582. The fourth-order valence-corrected chi connectivity index (χ4v) is 1.67. The van der Waals surface area contributed by atoms with Crippen molar-refractivity contribution >= 4 is 11.6 Å². The Labute approximate surface area is 102 Å². The van der Waals surface area contributed by atoms with E-state index in [4.69, 9.17) is 11.6 Å². The first-order valence-corrected chi connectivity index (χ1v) is 5.53. The molecule has 1 aromatic heterocycles. The second-order valence-electron chi connectivity index (χ2n) is 3.56. The monoisotopic (exact) mass is 252 g/mol. The van der Waals surface area contributed by atoms with E-state index >= 15 is 0 Å². The summed E-state index contributed by atoms with van der Waals surface area (Å²) in [6.45, 7) is 1.86. The Kier molecular flexibility index (Phi) is 3.24. The van der Waals surface area contributed by atoms with Gasteiger partial charge in [-0.2, -0.15) is 0 Å². The lowest BCUT2D eigenvalue weighted by Crippen LogP contribution is -2.10. The number of benzene rings is 1. The molecule has 0 saturated heterocycles. The van der Waals surface area contributed by atoms with Gasteiger partial charge in [0.2, 0.25) is 0 Å². The summed E-state index contributed by atoms with van der Waals surface area (Å²) in [5.41, 5.74) is 0.302. The van der Waals surface area contributed by atoms with E-state index in [1.807, 2.05) is 6.92 Å². The third-order valence-corrected chi connectivity index (χ3v) is 2.57. The van der Waals surface area contributed by atoms with Crippen LogP contribution >= 0.6 is 11.6 Å². The molecule has 0 aliphatic heterocycles. The normalized spacial score (nSPS) is 10.5. The Balaban J connectivity index is 2.60. The van der Waals surface area contributed by atoms with Crippen LogP contribution in [0.3, 0.4) is 0 Å². The highest BCUT2D eigenvalue weighted by Gasteiger charge is 2.08. The van der Waals surface area contributed by atoms with Crippen molar-refractivity contribution < 1.29 is 4.39 Å². The SMILES string of the molecule is CCc1nc(-c2ccc(Cl)cc2F)cc(=O)[nH]1. The average Bonchev–Trinajstić information content (AvgIpc) is 2.28. The second-order valence-corrected chi connectivity index (χ2v) is 3.99. The van der Waals surface area contributed by atoms with Crippen molar-refractivity contribution in [1.82, 2.24) is 9.97 Å². The lowest BCUT2D eigenvalue weighted by molar-refractivity contribution is 0.630. The molecule has 0 unspecified atom stereocenters. The number of aromatic amines is 1. The highest BCUT2D eigenvalue weighted by Crippen LogP contribution is 2.22. The summed E-state index contributed by atoms with van der Waals surface area (Å²) in [7, 11) is 0. The number of hydrogen-bond acceptors (Lipinski definition) is 2. The van der Waals surface area contributed by atoms with Gasteiger partial charge in [-0.3, -0.25) is 4.79 Å². The average molecular weight is 253 g/mol. The zero-order chi connectivity index (χ0) is 12.4. The highest BCUT2D eigenvalue weighted by atomic mass is 35.5. The largest absolute Gasteiger partial charge is 0.311 e. The van der Waals surface area contributed by atoms with Crippen LogP contribution in [0, 0.1) is 5.82 Å². The maximum absolute atomic E-state index is 13.7. The number of H-pyrrole nitrogens is 1. The Hall–Kier alpha value is -1.68. The standard InChI is InChI=1S/C12H10ClFN2O/c1-2-11-15-10(6-12(17)16-11)8-4-3-7(13)5-9(8)14/h3-6H,2H2,1H3,(H,15,16,17). The van der Waals surface area contributed by atoms with E-state index in [1.165, 1.54) is 18.2 Å². The zero-order valence-electron chi connectivity index (χ0n) is 9.13. The Morgan fingerprint density at radius 3 is 2.82 bits per heavy atom. The van der Waals surface area contributed by atoms with Crippen LogP contribution in [0.1, 0.15) is 12.7 Å². The van der Waals surface area contributed by atoms with Gasteiger partial charge in [0.1, 0.15) is 11.6 Å². The molecule has 88 valence electrons. The van der Waals surface area contributed by atoms with E-state index in [9.17, 15) is 9.18 Å². The second kappa shape index (κ2) is 4.67. The van der Waals surface area contributed by atoms with Gasteiger partial charge in [0.25, 0.3) is 5.56 Å². The molecule has 0 aliphatic carbocycles. The van der Waals surface area contributed by atoms with Crippen molar-refractivity contribution in [3.63, 3.8) is 0 Å². The molecule has 0 bridgehead atoms. The third-order valence-electron chi connectivity index (χ3n) is 2.33. The Morgan fingerprint density at radius 1 is 1.41 bits per heavy atom.